The molecule has 4 rings (SSSR count). The molecule has 2 atom stereocenters. The fraction of sp³-hybridized carbons (Fsp3) is 0.333. The molecule has 1 fully saturated rings. The van der Waals surface area contributed by atoms with Crippen LogP contribution in [0.1, 0.15) is 36.5 Å². The van der Waals surface area contributed by atoms with Crippen molar-refractivity contribution in [2.75, 3.05) is 27.2 Å². The van der Waals surface area contributed by atoms with Gasteiger partial charge in [-0.25, -0.2) is 0 Å². The van der Waals surface area contributed by atoms with E-state index in [-0.39, 0.29) is 10.8 Å². The summed E-state index contributed by atoms with van der Waals surface area (Å²) in [5.41, 5.74) is 4.40. The number of likely N-dealkylation sites (N-methyl/N-ethyl adjacent to an activating group) is 1. The van der Waals surface area contributed by atoms with Gasteiger partial charge in [-0.15, -0.1) is 0 Å². The number of rotatable bonds is 8. The number of nitrogens with zero attached hydrogens (tertiary/aromatic N) is 1. The van der Waals surface area contributed by atoms with Gasteiger partial charge in [0.15, 0.2) is 0 Å². The third-order valence-electron chi connectivity index (χ3n) is 6.61. The fourth-order valence-electron chi connectivity index (χ4n) is 4.97. The third kappa shape index (κ3) is 3.47. The summed E-state index contributed by atoms with van der Waals surface area (Å²) < 4.78 is 5.93. The first-order valence-corrected chi connectivity index (χ1v) is 10.6. The van der Waals surface area contributed by atoms with Crippen molar-refractivity contribution in [1.82, 2.24) is 4.90 Å². The Balaban J connectivity index is 1.70. The van der Waals surface area contributed by atoms with Gasteiger partial charge in [0, 0.05) is 17.4 Å². The summed E-state index contributed by atoms with van der Waals surface area (Å²) in [7, 11) is 4.13. The minimum absolute atomic E-state index is 0.0204. The molecule has 0 amide bonds. The Morgan fingerprint density at radius 3 is 1.86 bits per heavy atom. The predicted octanol–water partition coefficient (Wildman–Crippen LogP) is 5.66. The van der Waals surface area contributed by atoms with E-state index in [2.05, 4.69) is 111 Å². The van der Waals surface area contributed by atoms with Crippen LogP contribution >= 0.6 is 0 Å². The molecule has 1 aliphatic carbocycles. The number of ether oxygens (including phenoxy) is 1. The summed E-state index contributed by atoms with van der Waals surface area (Å²) in [4.78, 5) is 2.14. The van der Waals surface area contributed by atoms with E-state index in [1.807, 2.05) is 0 Å². The first-order valence-electron chi connectivity index (χ1n) is 10.6. The van der Waals surface area contributed by atoms with Crippen LogP contribution in [0, 0.1) is 0 Å². The topological polar surface area (TPSA) is 12.5 Å². The summed E-state index contributed by atoms with van der Waals surface area (Å²) in [5, 5.41) is 0. The van der Waals surface area contributed by atoms with Crippen molar-refractivity contribution < 1.29 is 4.74 Å². The van der Waals surface area contributed by atoms with Crippen LogP contribution in [-0.4, -0.2) is 32.1 Å². The number of benzene rings is 3. The molecule has 0 aliphatic heterocycles. The molecule has 0 aromatic heterocycles. The van der Waals surface area contributed by atoms with Gasteiger partial charge in [-0.3, -0.25) is 0 Å². The zero-order chi connectivity index (χ0) is 20.3. The van der Waals surface area contributed by atoms with Crippen LogP contribution in [0.25, 0.3) is 0 Å². The Kier molecular flexibility index (Phi) is 5.47. The lowest BCUT2D eigenvalue weighted by Gasteiger charge is -2.27. The maximum absolute atomic E-state index is 5.93. The third-order valence-corrected chi connectivity index (χ3v) is 6.61. The predicted molar refractivity (Wildman–Crippen MR) is 121 cm³/mol. The molecule has 0 heterocycles. The summed E-state index contributed by atoms with van der Waals surface area (Å²) in [6.07, 6.45) is 2.26. The molecule has 0 N–H and O–H groups in total. The highest BCUT2D eigenvalue weighted by molar-refractivity contribution is 5.58. The highest BCUT2D eigenvalue weighted by Crippen LogP contribution is 2.70. The second-order valence-electron chi connectivity index (χ2n) is 8.43. The smallest absolute Gasteiger partial charge is 0.119 e. The molecule has 0 bridgehead atoms. The van der Waals surface area contributed by atoms with Crippen LogP contribution in [0.15, 0.2) is 84.9 Å². The van der Waals surface area contributed by atoms with Crippen molar-refractivity contribution in [2.24, 2.45) is 0 Å². The normalized spacial score (nSPS) is 23.2. The fourth-order valence-corrected chi connectivity index (χ4v) is 4.97. The van der Waals surface area contributed by atoms with E-state index in [1.54, 1.807) is 0 Å². The quantitative estimate of drug-likeness (QED) is 0.496. The second-order valence-corrected chi connectivity index (χ2v) is 8.43. The van der Waals surface area contributed by atoms with Crippen molar-refractivity contribution in [3.05, 3.63) is 102 Å². The molecule has 1 saturated carbocycles. The van der Waals surface area contributed by atoms with E-state index in [0.717, 1.165) is 25.1 Å². The second kappa shape index (κ2) is 8.04. The van der Waals surface area contributed by atoms with E-state index < -0.39 is 0 Å². The maximum Gasteiger partial charge on any atom is 0.119 e. The molecule has 2 heteroatoms. The molecule has 3 aromatic rings. The summed E-state index contributed by atoms with van der Waals surface area (Å²) in [6.45, 7) is 3.96. The zero-order valence-corrected chi connectivity index (χ0v) is 17.8. The van der Waals surface area contributed by atoms with Gasteiger partial charge in [0.05, 0.1) is 0 Å². The van der Waals surface area contributed by atoms with Crippen LogP contribution in [0.5, 0.6) is 5.75 Å². The highest BCUT2D eigenvalue weighted by Gasteiger charge is 2.68. The minimum Gasteiger partial charge on any atom is -0.492 e. The van der Waals surface area contributed by atoms with E-state index in [4.69, 9.17) is 4.74 Å². The molecule has 150 valence electrons. The van der Waals surface area contributed by atoms with Crippen molar-refractivity contribution in [3.8, 4) is 5.75 Å². The SMILES string of the molecule is CC[C@@]1(c2ccccc2)C[C@]1(c1ccccc1)c1ccc(OCCN(C)C)cc1. The Morgan fingerprint density at radius 1 is 0.759 bits per heavy atom. The average molecular weight is 386 g/mol. The van der Waals surface area contributed by atoms with Gasteiger partial charge >= 0.3 is 0 Å². The van der Waals surface area contributed by atoms with Crippen LogP contribution in [0.3, 0.4) is 0 Å². The molecular weight excluding hydrogens is 354 g/mol. The Morgan fingerprint density at radius 2 is 1.31 bits per heavy atom. The molecule has 0 radical (unpaired) electrons. The molecule has 2 nitrogen and oxygen atoms in total. The molecule has 1 aliphatic rings. The average Bonchev–Trinajstić information content (AvgIpc) is 3.47. The zero-order valence-electron chi connectivity index (χ0n) is 17.8. The summed E-state index contributed by atoms with van der Waals surface area (Å²) in [6, 6.07) is 30.9. The van der Waals surface area contributed by atoms with E-state index >= 15 is 0 Å². The van der Waals surface area contributed by atoms with Gasteiger partial charge in [-0.05, 0) is 55.8 Å². The molecule has 0 saturated heterocycles. The van der Waals surface area contributed by atoms with Crippen molar-refractivity contribution in [1.29, 1.82) is 0 Å². The van der Waals surface area contributed by atoms with Crippen LogP contribution in [0.2, 0.25) is 0 Å². The lowest BCUT2D eigenvalue weighted by atomic mass is 9.76. The van der Waals surface area contributed by atoms with Gasteiger partial charge in [-0.2, -0.15) is 0 Å². The van der Waals surface area contributed by atoms with Crippen LogP contribution in [-0.2, 0) is 10.8 Å². The first kappa shape index (κ1) is 19.7. The lowest BCUT2D eigenvalue weighted by Crippen LogP contribution is -2.23. The lowest BCUT2D eigenvalue weighted by molar-refractivity contribution is 0.261. The Hall–Kier alpha value is -2.58. The van der Waals surface area contributed by atoms with Gasteiger partial charge in [0.2, 0.25) is 0 Å². The van der Waals surface area contributed by atoms with Crippen LogP contribution < -0.4 is 4.74 Å². The number of hydrogen-bond donors (Lipinski definition) is 0. The van der Waals surface area contributed by atoms with Gasteiger partial charge in [0.25, 0.3) is 0 Å². The van der Waals surface area contributed by atoms with E-state index in [0.29, 0.717) is 6.61 Å². The van der Waals surface area contributed by atoms with Crippen molar-refractivity contribution in [2.45, 2.75) is 30.6 Å². The molecule has 0 unspecified atom stereocenters. The monoisotopic (exact) mass is 385 g/mol. The number of hydrogen-bond acceptors (Lipinski definition) is 2. The van der Waals surface area contributed by atoms with Crippen molar-refractivity contribution >= 4 is 0 Å². The highest BCUT2D eigenvalue weighted by atomic mass is 16.5. The minimum atomic E-state index is 0.0204. The van der Waals surface area contributed by atoms with Gasteiger partial charge in [-0.1, -0.05) is 79.7 Å². The van der Waals surface area contributed by atoms with Gasteiger partial charge in [0.1, 0.15) is 12.4 Å². The molecule has 29 heavy (non-hydrogen) atoms. The van der Waals surface area contributed by atoms with Gasteiger partial charge < -0.3 is 9.64 Å². The van der Waals surface area contributed by atoms with Crippen LogP contribution in [0.4, 0.5) is 0 Å². The largest absolute Gasteiger partial charge is 0.492 e. The summed E-state index contributed by atoms with van der Waals surface area (Å²) >= 11 is 0. The van der Waals surface area contributed by atoms with E-state index in [9.17, 15) is 0 Å². The van der Waals surface area contributed by atoms with E-state index in [1.165, 1.54) is 16.7 Å². The van der Waals surface area contributed by atoms with Crippen molar-refractivity contribution in [3.63, 3.8) is 0 Å². The Bertz CT molecular complexity index is 920. The molecule has 0 spiro atoms. The molecule has 3 aromatic carbocycles. The summed E-state index contributed by atoms with van der Waals surface area (Å²) in [5.74, 6) is 0.946. The Labute approximate surface area is 175 Å². The molecular formula is C27H31NO. The maximum atomic E-state index is 5.93. The standard InChI is InChI=1S/C27H31NO/c1-4-26(22-11-7-5-8-12-22)21-27(26,23-13-9-6-10-14-23)24-15-17-25(18-16-24)29-20-19-28(2)3/h5-18H,4,19-21H2,1-3H3/t26-,27-/m0/s1. The first-order chi connectivity index (χ1) is 14.1.